The molecular weight excluding hydrogens is 378 g/mol. The van der Waals surface area contributed by atoms with Crippen LogP contribution in [0.15, 0.2) is 29.1 Å². The minimum absolute atomic E-state index is 0.00519. The number of anilines is 1. The van der Waals surface area contributed by atoms with Crippen LogP contribution in [0, 0.1) is 0 Å². The summed E-state index contributed by atoms with van der Waals surface area (Å²) >= 11 is 0. The van der Waals surface area contributed by atoms with E-state index in [2.05, 4.69) is 36.4 Å². The molecule has 0 unspecified atom stereocenters. The number of nitrogens with zero attached hydrogens (tertiary/aromatic N) is 2. The second kappa shape index (κ2) is 6.45. The Hall–Kier alpha value is -3.09. The van der Waals surface area contributed by atoms with E-state index in [1.165, 1.54) is 0 Å². The number of hydrogen-bond acceptors (Lipinski definition) is 4. The van der Waals surface area contributed by atoms with Gasteiger partial charge in [0.1, 0.15) is 0 Å². The molecule has 3 N–H and O–H groups in total. The van der Waals surface area contributed by atoms with Crippen LogP contribution in [-0.4, -0.2) is 26.0 Å². The van der Waals surface area contributed by atoms with E-state index in [4.69, 9.17) is 4.98 Å². The third kappa shape index (κ3) is 3.00. The summed E-state index contributed by atoms with van der Waals surface area (Å²) in [5, 5.41) is 7.01. The van der Waals surface area contributed by atoms with Crippen molar-refractivity contribution in [2.45, 2.75) is 64.6 Å². The molecule has 0 saturated heterocycles. The maximum absolute atomic E-state index is 13.4. The monoisotopic (exact) mass is 405 g/mol. The number of amides is 1. The molecule has 7 heteroatoms. The average molecular weight is 406 g/mol. The van der Waals surface area contributed by atoms with Crippen LogP contribution in [0.2, 0.25) is 0 Å². The summed E-state index contributed by atoms with van der Waals surface area (Å²) in [5.74, 6) is 0.553. The number of carbonyl (C=O) groups is 1. The Kier molecular flexibility index (Phi) is 4.07. The molecule has 1 aliphatic carbocycles. The minimum atomic E-state index is -0.223. The van der Waals surface area contributed by atoms with Gasteiger partial charge in [-0.2, -0.15) is 0 Å². The lowest BCUT2D eigenvalue weighted by molar-refractivity contribution is 0.0955. The number of aromatic nitrogens is 3. The van der Waals surface area contributed by atoms with Gasteiger partial charge in [0.15, 0.2) is 0 Å². The molecule has 1 amide bonds. The molecule has 2 aromatic heterocycles. The Bertz CT molecular complexity index is 1230. The number of fused-ring (bicyclic) bond motifs is 2. The molecule has 156 valence electrons. The van der Waals surface area contributed by atoms with Gasteiger partial charge in [0.2, 0.25) is 5.95 Å². The van der Waals surface area contributed by atoms with E-state index in [1.54, 1.807) is 0 Å². The first-order valence-corrected chi connectivity index (χ1v) is 10.6. The van der Waals surface area contributed by atoms with E-state index in [0.717, 1.165) is 36.2 Å². The molecule has 0 radical (unpaired) electrons. The van der Waals surface area contributed by atoms with Crippen molar-refractivity contribution in [1.82, 2.24) is 19.9 Å². The van der Waals surface area contributed by atoms with Gasteiger partial charge >= 0.3 is 0 Å². The van der Waals surface area contributed by atoms with E-state index in [-0.39, 0.29) is 29.1 Å². The van der Waals surface area contributed by atoms with Crippen LogP contribution in [0.4, 0.5) is 5.95 Å². The molecule has 1 saturated carbocycles. The van der Waals surface area contributed by atoms with Crippen molar-refractivity contribution in [3.05, 3.63) is 45.9 Å². The number of benzene rings is 1. The zero-order chi connectivity index (χ0) is 21.2. The van der Waals surface area contributed by atoms with E-state index in [0.29, 0.717) is 22.4 Å². The van der Waals surface area contributed by atoms with E-state index in [9.17, 15) is 9.59 Å². The highest BCUT2D eigenvalue weighted by Crippen LogP contribution is 2.38. The Morgan fingerprint density at radius 1 is 1.20 bits per heavy atom. The van der Waals surface area contributed by atoms with Crippen LogP contribution < -0.4 is 16.2 Å². The number of para-hydroxylation sites is 1. The van der Waals surface area contributed by atoms with Crippen molar-refractivity contribution < 1.29 is 4.79 Å². The fourth-order valence-electron chi connectivity index (χ4n) is 4.23. The number of hydrogen-bond donors (Lipinski definition) is 3. The van der Waals surface area contributed by atoms with Crippen LogP contribution in [0.25, 0.3) is 22.2 Å². The SMILES string of the molecule is CC[C@H]1NC(=O)c2cc(-c3cccc4c(=O)n(C5CC5)c(NC(C)(C)C)nc34)[nH]c21. The molecule has 1 aliphatic heterocycles. The van der Waals surface area contributed by atoms with Crippen LogP contribution in [0.3, 0.4) is 0 Å². The Balaban J connectivity index is 1.72. The third-order valence-corrected chi connectivity index (χ3v) is 5.77. The quantitative estimate of drug-likeness (QED) is 0.609. The Morgan fingerprint density at radius 3 is 2.63 bits per heavy atom. The second-order valence-corrected chi connectivity index (χ2v) is 9.36. The normalized spacial score (nSPS) is 18.5. The van der Waals surface area contributed by atoms with Crippen LogP contribution in [0.1, 0.15) is 75.1 Å². The summed E-state index contributed by atoms with van der Waals surface area (Å²) in [6, 6.07) is 7.77. The van der Waals surface area contributed by atoms with Gasteiger partial charge in [-0.1, -0.05) is 19.1 Å². The molecule has 3 heterocycles. The van der Waals surface area contributed by atoms with E-state index in [1.807, 2.05) is 35.8 Å². The zero-order valence-electron chi connectivity index (χ0n) is 17.8. The van der Waals surface area contributed by atoms with Gasteiger partial charge in [-0.25, -0.2) is 4.98 Å². The average Bonchev–Trinajstić information content (AvgIpc) is 3.33. The van der Waals surface area contributed by atoms with Crippen molar-refractivity contribution >= 4 is 22.8 Å². The molecule has 0 bridgehead atoms. The Morgan fingerprint density at radius 2 is 1.97 bits per heavy atom. The van der Waals surface area contributed by atoms with Crippen molar-refractivity contribution in [3.63, 3.8) is 0 Å². The molecule has 5 rings (SSSR count). The molecule has 1 fully saturated rings. The lowest BCUT2D eigenvalue weighted by Crippen LogP contribution is -2.33. The van der Waals surface area contributed by atoms with Crippen LogP contribution in [-0.2, 0) is 0 Å². The summed E-state index contributed by atoms with van der Waals surface area (Å²) in [6.07, 6.45) is 2.82. The predicted molar refractivity (Wildman–Crippen MR) is 118 cm³/mol. The largest absolute Gasteiger partial charge is 0.356 e. The summed E-state index contributed by atoms with van der Waals surface area (Å²) in [7, 11) is 0. The standard InChI is InChI=1S/C23H27N5O2/c1-5-16-19-15(20(29)25-16)11-17(24-19)13-7-6-8-14-18(13)26-22(27-23(2,3)4)28(21(14)30)12-9-10-12/h6-8,11-12,16,24H,5,9-10H2,1-4H3,(H,25,29)(H,26,27)/t16-/m1/s1. The predicted octanol–water partition coefficient (Wildman–Crippen LogP) is 4.13. The van der Waals surface area contributed by atoms with Gasteiger partial charge in [-0.15, -0.1) is 0 Å². The van der Waals surface area contributed by atoms with Gasteiger partial charge in [0, 0.05) is 22.8 Å². The van der Waals surface area contributed by atoms with Crippen molar-refractivity contribution in [1.29, 1.82) is 0 Å². The number of carbonyl (C=O) groups excluding carboxylic acids is 1. The van der Waals surface area contributed by atoms with E-state index < -0.39 is 0 Å². The molecule has 30 heavy (non-hydrogen) atoms. The lowest BCUT2D eigenvalue weighted by atomic mass is 10.1. The smallest absolute Gasteiger partial charge is 0.263 e. The highest BCUT2D eigenvalue weighted by atomic mass is 16.2. The molecule has 1 aromatic carbocycles. The molecule has 1 atom stereocenters. The second-order valence-electron chi connectivity index (χ2n) is 9.36. The first-order valence-electron chi connectivity index (χ1n) is 10.6. The topological polar surface area (TPSA) is 91.8 Å². The van der Waals surface area contributed by atoms with Gasteiger partial charge in [-0.05, 0) is 52.2 Å². The maximum atomic E-state index is 13.4. The fraction of sp³-hybridized carbons (Fsp3) is 0.435. The highest BCUT2D eigenvalue weighted by Gasteiger charge is 2.32. The lowest BCUT2D eigenvalue weighted by Gasteiger charge is -2.24. The molecular formula is C23H27N5O2. The maximum Gasteiger partial charge on any atom is 0.263 e. The third-order valence-electron chi connectivity index (χ3n) is 5.77. The van der Waals surface area contributed by atoms with Crippen molar-refractivity contribution in [2.24, 2.45) is 0 Å². The van der Waals surface area contributed by atoms with E-state index >= 15 is 0 Å². The fourth-order valence-corrected chi connectivity index (χ4v) is 4.23. The summed E-state index contributed by atoms with van der Waals surface area (Å²) in [4.78, 5) is 34.1. The zero-order valence-corrected chi connectivity index (χ0v) is 17.8. The van der Waals surface area contributed by atoms with Gasteiger partial charge in [-0.3, -0.25) is 14.2 Å². The Labute approximate surface area is 174 Å². The minimum Gasteiger partial charge on any atom is -0.356 e. The van der Waals surface area contributed by atoms with Crippen molar-refractivity contribution in [2.75, 3.05) is 5.32 Å². The highest BCUT2D eigenvalue weighted by molar-refractivity contribution is 6.01. The molecule has 2 aliphatic rings. The summed E-state index contributed by atoms with van der Waals surface area (Å²) in [5.41, 5.74) is 3.65. The number of H-pyrrole nitrogens is 1. The van der Waals surface area contributed by atoms with Gasteiger partial charge < -0.3 is 15.6 Å². The number of rotatable bonds is 4. The molecule has 7 nitrogen and oxygen atoms in total. The molecule has 0 spiro atoms. The first-order chi connectivity index (χ1) is 14.3. The number of nitrogens with one attached hydrogen (secondary N) is 3. The number of aromatic amines is 1. The molecule has 3 aromatic rings. The van der Waals surface area contributed by atoms with Crippen molar-refractivity contribution in [3.8, 4) is 11.3 Å². The summed E-state index contributed by atoms with van der Waals surface area (Å²) in [6.45, 7) is 8.23. The van der Waals surface area contributed by atoms with Crippen LogP contribution >= 0.6 is 0 Å². The first kappa shape index (κ1) is 18.9. The summed E-state index contributed by atoms with van der Waals surface area (Å²) < 4.78 is 1.81. The van der Waals surface area contributed by atoms with Gasteiger partial charge in [0.25, 0.3) is 11.5 Å². The van der Waals surface area contributed by atoms with Gasteiger partial charge in [0.05, 0.1) is 28.2 Å². The van der Waals surface area contributed by atoms with Crippen LogP contribution in [0.5, 0.6) is 0 Å².